The quantitative estimate of drug-likeness (QED) is 0.349. The number of ether oxygens (including phenoxy) is 5. The van der Waals surface area contributed by atoms with E-state index in [1.165, 1.54) is 21.3 Å². The van der Waals surface area contributed by atoms with Crippen molar-refractivity contribution in [3.63, 3.8) is 0 Å². The average Bonchev–Trinajstić information content (AvgIpc) is 3.14. The van der Waals surface area contributed by atoms with E-state index in [0.29, 0.717) is 29.4 Å². The van der Waals surface area contributed by atoms with Crippen LogP contribution in [0.4, 0.5) is 0 Å². The van der Waals surface area contributed by atoms with Crippen molar-refractivity contribution in [1.82, 2.24) is 0 Å². The van der Waals surface area contributed by atoms with Crippen LogP contribution >= 0.6 is 0 Å². The van der Waals surface area contributed by atoms with Crippen molar-refractivity contribution in [1.29, 1.82) is 0 Å². The second kappa shape index (κ2) is 9.82. The van der Waals surface area contributed by atoms with E-state index < -0.39 is 5.97 Å². The Labute approximate surface area is 175 Å². The van der Waals surface area contributed by atoms with Gasteiger partial charge < -0.3 is 23.7 Å². The normalized spacial score (nSPS) is 14.3. The smallest absolute Gasteiger partial charge is 0.363 e. The van der Waals surface area contributed by atoms with Crippen LogP contribution in [0.15, 0.2) is 47.1 Å². The zero-order valence-corrected chi connectivity index (χ0v) is 17.6. The van der Waals surface area contributed by atoms with Gasteiger partial charge in [0.2, 0.25) is 11.6 Å². The Morgan fingerprint density at radius 1 is 1.00 bits per heavy atom. The first-order chi connectivity index (χ1) is 14.6. The number of benzene rings is 2. The van der Waals surface area contributed by atoms with Gasteiger partial charge in [0, 0.05) is 5.56 Å². The van der Waals surface area contributed by atoms with Crippen LogP contribution < -0.4 is 18.9 Å². The highest BCUT2D eigenvalue weighted by atomic mass is 16.6. The maximum atomic E-state index is 12.3. The number of carbonyl (C=O) groups is 1. The van der Waals surface area contributed by atoms with Crippen molar-refractivity contribution in [3.05, 3.63) is 53.2 Å². The van der Waals surface area contributed by atoms with Crippen molar-refractivity contribution >= 4 is 17.9 Å². The monoisotopic (exact) mass is 411 g/mol. The Balaban J connectivity index is 1.84. The Bertz CT molecular complexity index is 937. The van der Waals surface area contributed by atoms with E-state index in [-0.39, 0.29) is 11.6 Å². The van der Waals surface area contributed by atoms with Crippen LogP contribution in [0.25, 0.3) is 6.08 Å². The largest absolute Gasteiger partial charge is 0.494 e. The second-order valence-electron chi connectivity index (χ2n) is 6.52. The van der Waals surface area contributed by atoms with E-state index in [1.54, 1.807) is 18.2 Å². The molecule has 1 aliphatic heterocycles. The number of carbonyl (C=O) groups excluding carboxylic acids is 1. The molecule has 1 aliphatic rings. The number of aliphatic imine (C=N–C) groups is 1. The van der Waals surface area contributed by atoms with Gasteiger partial charge in [-0.2, -0.15) is 0 Å². The molecular formula is C23H25NO6. The summed E-state index contributed by atoms with van der Waals surface area (Å²) in [6, 6.07) is 10.8. The van der Waals surface area contributed by atoms with Gasteiger partial charge in [0.05, 0.1) is 27.9 Å². The molecule has 158 valence electrons. The van der Waals surface area contributed by atoms with Crippen LogP contribution in [0.2, 0.25) is 0 Å². The molecule has 0 unspecified atom stereocenters. The molecule has 0 amide bonds. The number of hydrogen-bond donors (Lipinski definition) is 0. The zero-order valence-electron chi connectivity index (χ0n) is 17.6. The summed E-state index contributed by atoms with van der Waals surface area (Å²) in [5.41, 5.74) is 1.57. The molecule has 1 heterocycles. The highest BCUT2D eigenvalue weighted by molar-refractivity contribution is 6.13. The lowest BCUT2D eigenvalue weighted by Crippen LogP contribution is -2.06. The number of cyclic esters (lactones) is 1. The molecule has 7 heteroatoms. The fourth-order valence-corrected chi connectivity index (χ4v) is 2.89. The fourth-order valence-electron chi connectivity index (χ4n) is 2.89. The van der Waals surface area contributed by atoms with Gasteiger partial charge in [-0.25, -0.2) is 9.79 Å². The van der Waals surface area contributed by atoms with Gasteiger partial charge in [-0.05, 0) is 42.3 Å². The van der Waals surface area contributed by atoms with Crippen molar-refractivity contribution in [2.75, 3.05) is 27.9 Å². The molecule has 0 aromatic heterocycles. The van der Waals surface area contributed by atoms with Crippen molar-refractivity contribution < 1.29 is 28.5 Å². The van der Waals surface area contributed by atoms with E-state index in [0.717, 1.165) is 24.2 Å². The van der Waals surface area contributed by atoms with Crippen LogP contribution in [0.1, 0.15) is 30.9 Å². The Morgan fingerprint density at radius 3 is 2.23 bits per heavy atom. The van der Waals surface area contributed by atoms with Crippen LogP contribution in [0.3, 0.4) is 0 Å². The number of rotatable bonds is 9. The van der Waals surface area contributed by atoms with E-state index in [9.17, 15) is 4.79 Å². The highest BCUT2D eigenvalue weighted by Crippen LogP contribution is 2.39. The number of hydrogen-bond acceptors (Lipinski definition) is 7. The molecule has 0 N–H and O–H groups in total. The summed E-state index contributed by atoms with van der Waals surface area (Å²) in [7, 11) is 4.56. The van der Waals surface area contributed by atoms with E-state index in [2.05, 4.69) is 11.9 Å². The Kier molecular flexibility index (Phi) is 6.95. The standard InChI is InChI=1S/C23H25NO6/c1-5-6-11-29-17-9-7-15(8-10-17)12-18-23(25)30-22(24-18)16-13-19(26-2)21(28-4)20(14-16)27-3/h7-10,12-14H,5-6,11H2,1-4H3. The minimum absolute atomic E-state index is 0.171. The van der Waals surface area contributed by atoms with Gasteiger partial charge in [-0.1, -0.05) is 25.5 Å². The van der Waals surface area contributed by atoms with Gasteiger partial charge in [0.1, 0.15) is 5.75 Å². The number of esters is 1. The van der Waals surface area contributed by atoms with Crippen LogP contribution in [0.5, 0.6) is 23.0 Å². The van der Waals surface area contributed by atoms with E-state index >= 15 is 0 Å². The zero-order chi connectivity index (χ0) is 21.5. The molecule has 0 saturated carbocycles. The third-order valence-corrected chi connectivity index (χ3v) is 4.48. The predicted molar refractivity (Wildman–Crippen MR) is 114 cm³/mol. The van der Waals surface area contributed by atoms with Crippen LogP contribution in [-0.2, 0) is 9.53 Å². The number of nitrogens with zero attached hydrogens (tertiary/aromatic N) is 1. The van der Waals surface area contributed by atoms with E-state index in [1.807, 2.05) is 24.3 Å². The topological polar surface area (TPSA) is 75.6 Å². The molecule has 30 heavy (non-hydrogen) atoms. The van der Waals surface area contributed by atoms with Crippen molar-refractivity contribution in [2.45, 2.75) is 19.8 Å². The first-order valence-electron chi connectivity index (χ1n) is 9.65. The third kappa shape index (κ3) is 4.74. The number of methoxy groups -OCH3 is 3. The summed E-state index contributed by atoms with van der Waals surface area (Å²) in [6.07, 6.45) is 3.76. The minimum Gasteiger partial charge on any atom is -0.494 e. The lowest BCUT2D eigenvalue weighted by atomic mass is 10.1. The molecule has 0 radical (unpaired) electrons. The predicted octanol–water partition coefficient (Wildman–Crippen LogP) is 4.24. The summed E-state index contributed by atoms with van der Waals surface area (Å²) >= 11 is 0. The molecule has 2 aromatic rings. The molecule has 0 atom stereocenters. The molecule has 2 aromatic carbocycles. The summed E-state index contributed by atoms with van der Waals surface area (Å²) in [5, 5.41) is 0. The first kappa shape index (κ1) is 21.2. The fraction of sp³-hybridized carbons (Fsp3) is 0.304. The Morgan fingerprint density at radius 2 is 1.67 bits per heavy atom. The van der Waals surface area contributed by atoms with Crippen molar-refractivity contribution in [3.8, 4) is 23.0 Å². The molecule has 0 saturated heterocycles. The summed E-state index contributed by atoms with van der Waals surface area (Å²) < 4.78 is 27.0. The molecule has 3 rings (SSSR count). The summed E-state index contributed by atoms with van der Waals surface area (Å²) in [6.45, 7) is 2.80. The number of unbranched alkanes of at least 4 members (excludes halogenated alkanes) is 1. The average molecular weight is 411 g/mol. The molecule has 0 spiro atoms. The Hall–Kier alpha value is -3.48. The maximum Gasteiger partial charge on any atom is 0.363 e. The second-order valence-corrected chi connectivity index (χ2v) is 6.52. The van der Waals surface area contributed by atoms with Gasteiger partial charge >= 0.3 is 5.97 Å². The molecule has 7 nitrogen and oxygen atoms in total. The summed E-state index contributed by atoms with van der Waals surface area (Å²) in [5.74, 6) is 1.78. The van der Waals surface area contributed by atoms with Gasteiger partial charge in [0.25, 0.3) is 0 Å². The molecule has 0 bridgehead atoms. The van der Waals surface area contributed by atoms with Gasteiger partial charge in [0.15, 0.2) is 17.2 Å². The maximum absolute atomic E-state index is 12.3. The molecule has 0 aliphatic carbocycles. The van der Waals surface area contributed by atoms with Crippen LogP contribution in [-0.4, -0.2) is 39.8 Å². The van der Waals surface area contributed by atoms with Gasteiger partial charge in [-0.3, -0.25) is 0 Å². The SMILES string of the molecule is CCCCOc1ccc(C=C2N=C(c3cc(OC)c(OC)c(OC)c3)OC2=O)cc1. The molecular weight excluding hydrogens is 386 g/mol. The van der Waals surface area contributed by atoms with E-state index in [4.69, 9.17) is 23.7 Å². The first-order valence-corrected chi connectivity index (χ1v) is 9.65. The van der Waals surface area contributed by atoms with Gasteiger partial charge in [-0.15, -0.1) is 0 Å². The summed E-state index contributed by atoms with van der Waals surface area (Å²) in [4.78, 5) is 16.7. The molecule has 0 fully saturated rings. The highest BCUT2D eigenvalue weighted by Gasteiger charge is 2.26. The lowest BCUT2D eigenvalue weighted by Gasteiger charge is -2.13. The third-order valence-electron chi connectivity index (χ3n) is 4.48. The lowest BCUT2D eigenvalue weighted by molar-refractivity contribution is -0.129. The van der Waals surface area contributed by atoms with Crippen LogP contribution in [0, 0.1) is 0 Å². The van der Waals surface area contributed by atoms with Crippen molar-refractivity contribution in [2.24, 2.45) is 4.99 Å². The minimum atomic E-state index is -0.526.